The van der Waals surface area contributed by atoms with E-state index in [4.69, 9.17) is 16.3 Å². The van der Waals surface area contributed by atoms with Gasteiger partial charge in [-0.15, -0.1) is 11.6 Å². The zero-order valence-corrected chi connectivity index (χ0v) is 19.3. The molecule has 1 aromatic carbocycles. The van der Waals surface area contributed by atoms with Crippen molar-refractivity contribution >= 4 is 17.6 Å². The Balaban J connectivity index is 1.37. The molecule has 0 unspecified atom stereocenters. The number of rotatable bonds is 9. The van der Waals surface area contributed by atoms with Gasteiger partial charge in [-0.05, 0) is 79.9 Å². The van der Waals surface area contributed by atoms with Gasteiger partial charge in [-0.3, -0.25) is 4.79 Å². The fraction of sp³-hybridized carbons (Fsp3) is 0.731. The molecule has 0 spiro atoms. The standard InChI is InChI=1S/C26H38ClFO2/c1-2-3-4-19-7-12-22(13-8-19)23-14-9-20(10-15-23)5-6-21-11-16-25(24(28)17-21)30-26(29)18-27/h11,16-17,19-20,22-23H,2-10,12-15,18H2,1H3. The van der Waals surface area contributed by atoms with E-state index in [1.807, 2.05) is 6.07 Å². The first-order chi connectivity index (χ1) is 14.6. The number of aryl methyl sites for hydroxylation is 1. The van der Waals surface area contributed by atoms with Gasteiger partial charge in [0.1, 0.15) is 5.88 Å². The Labute approximate surface area is 186 Å². The summed E-state index contributed by atoms with van der Waals surface area (Å²) in [6.45, 7) is 2.30. The molecular formula is C26H38ClFO2. The van der Waals surface area contributed by atoms with Crippen LogP contribution in [0.25, 0.3) is 0 Å². The molecule has 0 N–H and O–H groups in total. The highest BCUT2D eigenvalue weighted by Gasteiger charge is 2.30. The molecule has 0 aromatic heterocycles. The molecule has 2 saturated carbocycles. The molecule has 0 saturated heterocycles. The lowest BCUT2D eigenvalue weighted by atomic mass is 9.68. The number of halogens is 2. The molecule has 4 heteroatoms. The first-order valence-electron chi connectivity index (χ1n) is 12.1. The molecule has 0 amide bonds. The van der Waals surface area contributed by atoms with Crippen molar-refractivity contribution in [3.05, 3.63) is 29.6 Å². The quantitative estimate of drug-likeness (QED) is 0.225. The largest absolute Gasteiger partial charge is 0.423 e. The number of hydrogen-bond acceptors (Lipinski definition) is 2. The smallest absolute Gasteiger partial charge is 0.326 e. The van der Waals surface area contributed by atoms with Crippen LogP contribution in [-0.2, 0) is 11.2 Å². The minimum atomic E-state index is -0.630. The fourth-order valence-electron chi connectivity index (χ4n) is 5.69. The van der Waals surface area contributed by atoms with Crippen LogP contribution in [0.4, 0.5) is 4.39 Å². The third-order valence-electron chi connectivity index (χ3n) is 7.59. The van der Waals surface area contributed by atoms with Crippen LogP contribution in [0.3, 0.4) is 0 Å². The normalized spacial score (nSPS) is 27.0. The molecule has 168 valence electrons. The zero-order valence-electron chi connectivity index (χ0n) is 18.5. The van der Waals surface area contributed by atoms with Gasteiger partial charge in [-0.25, -0.2) is 4.39 Å². The summed E-state index contributed by atoms with van der Waals surface area (Å²) in [4.78, 5) is 11.2. The Morgan fingerprint density at radius 1 is 1.00 bits per heavy atom. The van der Waals surface area contributed by atoms with Crippen LogP contribution in [0.15, 0.2) is 18.2 Å². The number of carbonyl (C=O) groups is 1. The maximum absolute atomic E-state index is 14.1. The summed E-state index contributed by atoms with van der Waals surface area (Å²) in [5, 5.41) is 0. The van der Waals surface area contributed by atoms with Crippen LogP contribution in [0.5, 0.6) is 5.75 Å². The molecule has 2 aliphatic rings. The van der Waals surface area contributed by atoms with Gasteiger partial charge in [0.05, 0.1) is 0 Å². The summed E-state index contributed by atoms with van der Waals surface area (Å²) >= 11 is 5.41. The number of esters is 1. The van der Waals surface area contributed by atoms with Crippen LogP contribution >= 0.6 is 11.6 Å². The third-order valence-corrected chi connectivity index (χ3v) is 7.80. The number of benzene rings is 1. The van der Waals surface area contributed by atoms with Crippen molar-refractivity contribution < 1.29 is 13.9 Å². The predicted molar refractivity (Wildman–Crippen MR) is 121 cm³/mol. The molecule has 2 nitrogen and oxygen atoms in total. The molecule has 0 bridgehead atoms. The summed E-state index contributed by atoms with van der Waals surface area (Å²) in [5.41, 5.74) is 0.977. The molecular weight excluding hydrogens is 399 g/mol. The Kier molecular flexibility index (Phi) is 9.49. The van der Waals surface area contributed by atoms with E-state index in [-0.39, 0.29) is 11.6 Å². The summed E-state index contributed by atoms with van der Waals surface area (Å²) in [6.07, 6.45) is 17.5. The molecule has 2 aliphatic carbocycles. The van der Waals surface area contributed by atoms with Gasteiger partial charge in [0, 0.05) is 0 Å². The maximum atomic E-state index is 14.1. The van der Waals surface area contributed by atoms with E-state index >= 15 is 0 Å². The predicted octanol–water partition coefficient (Wildman–Crippen LogP) is 7.71. The van der Waals surface area contributed by atoms with Gasteiger partial charge in [-0.1, -0.05) is 57.9 Å². The van der Waals surface area contributed by atoms with E-state index in [1.165, 1.54) is 76.7 Å². The van der Waals surface area contributed by atoms with Crippen LogP contribution in [0.2, 0.25) is 0 Å². The molecule has 0 radical (unpaired) electrons. The second-order valence-electron chi connectivity index (χ2n) is 9.61. The highest BCUT2D eigenvalue weighted by Crippen LogP contribution is 2.43. The number of unbranched alkanes of at least 4 members (excludes halogenated alkanes) is 1. The number of hydrogen-bond donors (Lipinski definition) is 0. The lowest BCUT2D eigenvalue weighted by molar-refractivity contribution is -0.131. The second-order valence-corrected chi connectivity index (χ2v) is 9.88. The van der Waals surface area contributed by atoms with E-state index in [0.717, 1.165) is 42.1 Å². The van der Waals surface area contributed by atoms with E-state index < -0.39 is 11.8 Å². The Morgan fingerprint density at radius 3 is 2.13 bits per heavy atom. The zero-order chi connectivity index (χ0) is 21.3. The van der Waals surface area contributed by atoms with E-state index in [1.54, 1.807) is 6.07 Å². The van der Waals surface area contributed by atoms with Crippen molar-refractivity contribution in [1.29, 1.82) is 0 Å². The molecule has 0 aliphatic heterocycles. The van der Waals surface area contributed by atoms with Crippen molar-refractivity contribution in [1.82, 2.24) is 0 Å². The first-order valence-corrected chi connectivity index (χ1v) is 12.7. The lowest BCUT2D eigenvalue weighted by Gasteiger charge is -2.38. The van der Waals surface area contributed by atoms with Crippen molar-refractivity contribution in [3.8, 4) is 5.75 Å². The highest BCUT2D eigenvalue weighted by atomic mass is 35.5. The van der Waals surface area contributed by atoms with Crippen LogP contribution in [-0.4, -0.2) is 11.8 Å². The Bertz CT molecular complexity index is 661. The summed E-state index contributed by atoms with van der Waals surface area (Å²) < 4.78 is 19.0. The van der Waals surface area contributed by atoms with E-state index in [9.17, 15) is 9.18 Å². The van der Waals surface area contributed by atoms with Gasteiger partial charge in [-0.2, -0.15) is 0 Å². The van der Waals surface area contributed by atoms with Gasteiger partial charge in [0.25, 0.3) is 0 Å². The van der Waals surface area contributed by atoms with Gasteiger partial charge < -0.3 is 4.74 Å². The Morgan fingerprint density at radius 2 is 1.60 bits per heavy atom. The minimum absolute atomic E-state index is 0.0330. The molecule has 0 heterocycles. The molecule has 0 atom stereocenters. The monoisotopic (exact) mass is 436 g/mol. The lowest BCUT2D eigenvalue weighted by Crippen LogP contribution is -2.26. The third kappa shape index (κ3) is 6.97. The van der Waals surface area contributed by atoms with Crippen LogP contribution < -0.4 is 4.74 Å². The summed E-state index contributed by atoms with van der Waals surface area (Å²) in [5.74, 6) is 2.27. The van der Waals surface area contributed by atoms with Crippen LogP contribution in [0.1, 0.15) is 89.5 Å². The average Bonchev–Trinajstić information content (AvgIpc) is 2.78. The topological polar surface area (TPSA) is 26.3 Å². The number of alkyl halides is 1. The van der Waals surface area contributed by atoms with Gasteiger partial charge in [0.15, 0.2) is 11.6 Å². The summed E-state index contributed by atoms with van der Waals surface area (Å²) in [6, 6.07) is 4.91. The van der Waals surface area contributed by atoms with Crippen LogP contribution in [0, 0.1) is 29.5 Å². The fourth-order valence-corrected chi connectivity index (χ4v) is 5.75. The minimum Gasteiger partial charge on any atom is -0.423 e. The molecule has 2 fully saturated rings. The summed E-state index contributed by atoms with van der Waals surface area (Å²) in [7, 11) is 0. The van der Waals surface area contributed by atoms with Gasteiger partial charge >= 0.3 is 5.97 Å². The molecule has 30 heavy (non-hydrogen) atoms. The maximum Gasteiger partial charge on any atom is 0.326 e. The second kappa shape index (κ2) is 12.1. The van der Waals surface area contributed by atoms with Gasteiger partial charge in [0.2, 0.25) is 0 Å². The molecule has 1 aromatic rings. The number of carbonyl (C=O) groups excluding carboxylic acids is 1. The first kappa shape index (κ1) is 23.6. The van der Waals surface area contributed by atoms with Crippen molar-refractivity contribution in [2.75, 3.05) is 5.88 Å². The SMILES string of the molecule is CCCCC1CCC(C2CCC(CCc3ccc(OC(=O)CCl)c(F)c3)CC2)CC1. The van der Waals surface area contributed by atoms with Crippen molar-refractivity contribution in [2.24, 2.45) is 23.7 Å². The molecule has 3 rings (SSSR count). The average molecular weight is 437 g/mol. The Hall–Kier alpha value is -1.09. The highest BCUT2D eigenvalue weighted by molar-refractivity contribution is 6.26. The number of ether oxygens (including phenoxy) is 1. The van der Waals surface area contributed by atoms with E-state index in [0.29, 0.717) is 0 Å². The van der Waals surface area contributed by atoms with Crippen molar-refractivity contribution in [3.63, 3.8) is 0 Å². The van der Waals surface area contributed by atoms with E-state index in [2.05, 4.69) is 6.92 Å². The van der Waals surface area contributed by atoms with Crippen molar-refractivity contribution in [2.45, 2.75) is 90.4 Å².